The molecule has 0 radical (unpaired) electrons. The molecule has 5 rings (SSSR count). The summed E-state index contributed by atoms with van der Waals surface area (Å²) in [6.45, 7) is 0. The molecule has 2 heterocycles. The first kappa shape index (κ1) is 17.7. The summed E-state index contributed by atoms with van der Waals surface area (Å²) in [7, 11) is 3.84. The molecule has 0 spiro atoms. The Kier molecular flexibility index (Phi) is 4.19. The van der Waals surface area contributed by atoms with Crippen LogP contribution in [0.5, 0.6) is 0 Å². The van der Waals surface area contributed by atoms with Crippen LogP contribution >= 0.6 is 0 Å². The first-order valence-corrected chi connectivity index (χ1v) is 9.97. The van der Waals surface area contributed by atoms with Crippen LogP contribution in [0.25, 0.3) is 22.4 Å². The van der Waals surface area contributed by atoms with Gasteiger partial charge in [0.2, 0.25) is 0 Å². The van der Waals surface area contributed by atoms with E-state index >= 15 is 0 Å². The van der Waals surface area contributed by atoms with E-state index in [0.29, 0.717) is 11.6 Å². The summed E-state index contributed by atoms with van der Waals surface area (Å²) >= 11 is 0. The molecule has 1 fully saturated rings. The van der Waals surface area contributed by atoms with Crippen molar-refractivity contribution in [1.29, 1.82) is 0 Å². The van der Waals surface area contributed by atoms with Gasteiger partial charge in [0.25, 0.3) is 5.91 Å². The molecule has 1 aliphatic carbocycles. The monoisotopic (exact) mass is 385 g/mol. The van der Waals surface area contributed by atoms with Gasteiger partial charge in [0.05, 0.1) is 17.2 Å². The molecule has 0 saturated heterocycles. The van der Waals surface area contributed by atoms with Gasteiger partial charge in [0, 0.05) is 30.9 Å². The third-order valence-electron chi connectivity index (χ3n) is 5.92. The SMILES string of the molecule is Cn1ncc(C2CCC2)c1C(=O)Nc1ccc(-c2nc3ccccc3n2C)cc1. The molecule has 29 heavy (non-hydrogen) atoms. The molecule has 0 unspecified atom stereocenters. The van der Waals surface area contributed by atoms with E-state index in [1.807, 2.05) is 62.8 Å². The van der Waals surface area contributed by atoms with Gasteiger partial charge in [-0.25, -0.2) is 4.98 Å². The minimum absolute atomic E-state index is 0.109. The Hall–Kier alpha value is -3.41. The Morgan fingerprint density at radius 1 is 1.07 bits per heavy atom. The van der Waals surface area contributed by atoms with Crippen LogP contribution in [0.3, 0.4) is 0 Å². The first-order chi connectivity index (χ1) is 14.1. The minimum Gasteiger partial charge on any atom is -0.327 e. The summed E-state index contributed by atoms with van der Waals surface area (Å²) < 4.78 is 3.76. The van der Waals surface area contributed by atoms with Crippen molar-refractivity contribution in [2.24, 2.45) is 14.1 Å². The largest absolute Gasteiger partial charge is 0.327 e. The van der Waals surface area contributed by atoms with Crippen LogP contribution in [0.4, 0.5) is 5.69 Å². The van der Waals surface area contributed by atoms with Gasteiger partial charge >= 0.3 is 0 Å². The molecule has 2 aromatic heterocycles. The molecule has 0 atom stereocenters. The van der Waals surface area contributed by atoms with Crippen LogP contribution in [-0.4, -0.2) is 25.2 Å². The number of benzene rings is 2. The lowest BCUT2D eigenvalue weighted by Gasteiger charge is -2.25. The summed E-state index contributed by atoms with van der Waals surface area (Å²) in [4.78, 5) is 17.6. The Balaban J connectivity index is 1.39. The summed E-state index contributed by atoms with van der Waals surface area (Å²) in [6.07, 6.45) is 5.34. The Bertz CT molecular complexity index is 1200. The van der Waals surface area contributed by atoms with Crippen LogP contribution in [-0.2, 0) is 14.1 Å². The van der Waals surface area contributed by atoms with Gasteiger partial charge < -0.3 is 9.88 Å². The maximum Gasteiger partial charge on any atom is 0.274 e. The molecule has 2 aromatic carbocycles. The number of imidazole rings is 1. The fourth-order valence-electron chi connectivity index (χ4n) is 4.05. The molecule has 1 amide bonds. The highest BCUT2D eigenvalue weighted by Gasteiger charge is 2.27. The average Bonchev–Trinajstić information content (AvgIpc) is 3.22. The van der Waals surface area contributed by atoms with Crippen LogP contribution in [0, 0.1) is 0 Å². The number of aryl methyl sites for hydroxylation is 2. The van der Waals surface area contributed by atoms with Gasteiger partial charge in [-0.15, -0.1) is 0 Å². The van der Waals surface area contributed by atoms with Gasteiger partial charge in [0.1, 0.15) is 11.5 Å². The first-order valence-electron chi connectivity index (χ1n) is 9.97. The third kappa shape index (κ3) is 3.01. The number of nitrogens with one attached hydrogen (secondary N) is 1. The van der Waals surface area contributed by atoms with E-state index < -0.39 is 0 Å². The number of hydrogen-bond acceptors (Lipinski definition) is 3. The molecule has 6 heteroatoms. The van der Waals surface area contributed by atoms with Crippen molar-refractivity contribution in [3.8, 4) is 11.4 Å². The number of anilines is 1. The van der Waals surface area contributed by atoms with Crippen molar-refractivity contribution >= 4 is 22.6 Å². The molecule has 1 saturated carbocycles. The van der Waals surface area contributed by atoms with Crippen LogP contribution in [0.1, 0.15) is 41.2 Å². The van der Waals surface area contributed by atoms with E-state index in [0.717, 1.165) is 46.5 Å². The van der Waals surface area contributed by atoms with E-state index in [9.17, 15) is 4.79 Å². The molecular formula is C23H23N5O. The second-order valence-corrected chi connectivity index (χ2v) is 7.71. The predicted octanol–water partition coefficient (Wildman–Crippen LogP) is 4.49. The van der Waals surface area contributed by atoms with Crippen molar-refractivity contribution in [3.63, 3.8) is 0 Å². The highest BCUT2D eigenvalue weighted by molar-refractivity contribution is 6.04. The van der Waals surface area contributed by atoms with Gasteiger partial charge in [-0.1, -0.05) is 18.6 Å². The molecule has 1 aliphatic rings. The maximum absolute atomic E-state index is 12.9. The van der Waals surface area contributed by atoms with E-state index in [1.165, 1.54) is 6.42 Å². The maximum atomic E-state index is 12.9. The highest BCUT2D eigenvalue weighted by Crippen LogP contribution is 2.38. The van der Waals surface area contributed by atoms with Crippen molar-refractivity contribution in [3.05, 3.63) is 66.0 Å². The summed E-state index contributed by atoms with van der Waals surface area (Å²) in [6, 6.07) is 15.9. The molecule has 1 N–H and O–H groups in total. The van der Waals surface area contributed by atoms with E-state index in [4.69, 9.17) is 4.98 Å². The molecule has 0 aliphatic heterocycles. The molecular weight excluding hydrogens is 362 g/mol. The minimum atomic E-state index is -0.109. The number of carbonyl (C=O) groups excluding carboxylic acids is 1. The Morgan fingerprint density at radius 2 is 1.83 bits per heavy atom. The Labute approximate surface area is 169 Å². The van der Waals surface area contributed by atoms with Crippen molar-refractivity contribution in [2.45, 2.75) is 25.2 Å². The summed E-state index contributed by atoms with van der Waals surface area (Å²) in [5.41, 5.74) is 5.57. The lowest BCUT2D eigenvalue weighted by molar-refractivity contribution is 0.101. The zero-order chi connectivity index (χ0) is 20.0. The zero-order valence-corrected chi connectivity index (χ0v) is 16.6. The van der Waals surface area contributed by atoms with E-state index in [2.05, 4.69) is 21.0 Å². The number of para-hydroxylation sites is 2. The number of amides is 1. The zero-order valence-electron chi connectivity index (χ0n) is 16.6. The smallest absolute Gasteiger partial charge is 0.274 e. The lowest BCUT2D eigenvalue weighted by atomic mass is 9.80. The summed E-state index contributed by atoms with van der Waals surface area (Å²) in [5, 5.41) is 7.33. The quantitative estimate of drug-likeness (QED) is 0.563. The highest BCUT2D eigenvalue weighted by atomic mass is 16.2. The predicted molar refractivity (Wildman–Crippen MR) is 114 cm³/mol. The van der Waals surface area contributed by atoms with E-state index in [1.54, 1.807) is 4.68 Å². The fourth-order valence-corrected chi connectivity index (χ4v) is 4.05. The normalized spacial score (nSPS) is 14.1. The topological polar surface area (TPSA) is 64.7 Å². The number of rotatable bonds is 4. The van der Waals surface area contributed by atoms with Gasteiger partial charge in [-0.05, 0) is 55.2 Å². The number of aromatic nitrogens is 4. The van der Waals surface area contributed by atoms with Crippen LogP contribution < -0.4 is 5.32 Å². The van der Waals surface area contributed by atoms with Gasteiger partial charge in [0.15, 0.2) is 0 Å². The summed E-state index contributed by atoms with van der Waals surface area (Å²) in [5.74, 6) is 1.26. The number of hydrogen-bond donors (Lipinski definition) is 1. The van der Waals surface area contributed by atoms with Gasteiger partial charge in [-0.3, -0.25) is 9.48 Å². The number of nitrogens with zero attached hydrogens (tertiary/aromatic N) is 4. The average molecular weight is 385 g/mol. The van der Waals surface area contributed by atoms with E-state index in [-0.39, 0.29) is 5.91 Å². The Morgan fingerprint density at radius 3 is 2.52 bits per heavy atom. The van der Waals surface area contributed by atoms with Crippen molar-refractivity contribution in [1.82, 2.24) is 19.3 Å². The lowest BCUT2D eigenvalue weighted by Crippen LogP contribution is -2.20. The molecule has 146 valence electrons. The van der Waals surface area contributed by atoms with Crippen molar-refractivity contribution < 1.29 is 4.79 Å². The second-order valence-electron chi connectivity index (χ2n) is 7.71. The molecule has 0 bridgehead atoms. The van der Waals surface area contributed by atoms with Crippen LogP contribution in [0.15, 0.2) is 54.7 Å². The number of carbonyl (C=O) groups is 1. The second kappa shape index (κ2) is 6.88. The fraction of sp³-hybridized carbons (Fsp3) is 0.261. The number of fused-ring (bicyclic) bond motifs is 1. The molecule has 6 nitrogen and oxygen atoms in total. The third-order valence-corrected chi connectivity index (χ3v) is 5.92. The van der Waals surface area contributed by atoms with Crippen LogP contribution in [0.2, 0.25) is 0 Å². The van der Waals surface area contributed by atoms with Crippen molar-refractivity contribution in [2.75, 3.05) is 5.32 Å². The standard InChI is InChI=1S/C23H23N5O/c1-27-20-9-4-3-8-19(20)26-22(27)16-10-12-17(13-11-16)25-23(29)21-18(14-24-28(21)2)15-6-5-7-15/h3-4,8-15H,5-7H2,1-2H3,(H,25,29). The van der Waals surface area contributed by atoms with Gasteiger partial charge in [-0.2, -0.15) is 5.10 Å². The molecule has 4 aromatic rings.